The maximum absolute atomic E-state index is 9.76. The van der Waals surface area contributed by atoms with Crippen molar-refractivity contribution in [1.82, 2.24) is 16.0 Å². The van der Waals surface area contributed by atoms with E-state index in [9.17, 15) is 15.3 Å². The first-order valence-electron chi connectivity index (χ1n) is 5.62. The molecular weight excluding hydrogens is 297 g/mol. The van der Waals surface area contributed by atoms with Crippen molar-refractivity contribution in [1.29, 1.82) is 0 Å². The van der Waals surface area contributed by atoms with Crippen LogP contribution in [-0.4, -0.2) is 64.5 Å². The van der Waals surface area contributed by atoms with E-state index in [4.69, 9.17) is 5.73 Å². The Morgan fingerprint density at radius 1 is 1.37 bits per heavy atom. The van der Waals surface area contributed by atoms with Crippen molar-refractivity contribution >= 4 is 30.8 Å². The van der Waals surface area contributed by atoms with E-state index in [2.05, 4.69) is 20.9 Å². The number of hydrogen-bond acceptors (Lipinski definition) is 8. The molecule has 2 heterocycles. The Labute approximate surface area is 123 Å². The molecule has 0 aromatic heterocycles. The summed E-state index contributed by atoms with van der Waals surface area (Å²) in [7, 11) is 0. The SMILES string of the molecule is C[C@H](O)[C@H](O)[C@H]1CNC2NC(N)=NC(O)C2N1.Cl.Cl. The maximum Gasteiger partial charge on any atom is 0.192 e. The van der Waals surface area contributed by atoms with Crippen molar-refractivity contribution in [3.05, 3.63) is 0 Å². The summed E-state index contributed by atoms with van der Waals surface area (Å²) in [5.74, 6) is 0.183. The largest absolute Gasteiger partial charge is 0.391 e. The summed E-state index contributed by atoms with van der Waals surface area (Å²) in [4.78, 5) is 3.80. The molecule has 2 aliphatic rings. The average molecular weight is 318 g/mol. The van der Waals surface area contributed by atoms with E-state index < -0.39 is 24.5 Å². The Morgan fingerprint density at radius 2 is 2.00 bits per heavy atom. The minimum atomic E-state index is -0.974. The van der Waals surface area contributed by atoms with Gasteiger partial charge in [0.2, 0.25) is 0 Å². The van der Waals surface area contributed by atoms with Gasteiger partial charge in [-0.25, -0.2) is 4.99 Å². The fourth-order valence-electron chi connectivity index (χ4n) is 2.16. The highest BCUT2D eigenvalue weighted by Crippen LogP contribution is 2.12. The Morgan fingerprint density at radius 3 is 2.58 bits per heavy atom. The van der Waals surface area contributed by atoms with Crippen LogP contribution in [0.5, 0.6) is 0 Å². The molecule has 8 nitrogen and oxygen atoms in total. The summed E-state index contributed by atoms with van der Waals surface area (Å²) in [5, 5.41) is 37.9. The lowest BCUT2D eigenvalue weighted by atomic mass is 9.99. The van der Waals surface area contributed by atoms with Crippen LogP contribution in [0, 0.1) is 0 Å². The van der Waals surface area contributed by atoms with Gasteiger partial charge in [0.05, 0.1) is 24.4 Å². The van der Waals surface area contributed by atoms with Crippen LogP contribution in [0.15, 0.2) is 4.99 Å². The van der Waals surface area contributed by atoms with Crippen molar-refractivity contribution in [3.8, 4) is 0 Å². The first-order valence-corrected chi connectivity index (χ1v) is 5.62. The summed E-state index contributed by atoms with van der Waals surface area (Å²) in [6, 6.07) is -0.739. The second-order valence-electron chi connectivity index (χ2n) is 4.49. The smallest absolute Gasteiger partial charge is 0.192 e. The molecule has 8 N–H and O–H groups in total. The van der Waals surface area contributed by atoms with E-state index in [1.54, 1.807) is 0 Å². The number of halogens is 2. The van der Waals surface area contributed by atoms with Crippen LogP contribution >= 0.6 is 24.8 Å². The number of nitrogens with two attached hydrogens (primary N) is 1. The van der Waals surface area contributed by atoms with E-state index in [-0.39, 0.29) is 43.0 Å². The lowest BCUT2D eigenvalue weighted by Gasteiger charge is -2.43. The van der Waals surface area contributed by atoms with E-state index >= 15 is 0 Å². The Bertz CT molecular complexity index is 320. The van der Waals surface area contributed by atoms with Gasteiger partial charge < -0.3 is 31.7 Å². The number of aliphatic hydroxyl groups excluding tert-OH is 3. The van der Waals surface area contributed by atoms with Gasteiger partial charge in [-0.15, -0.1) is 24.8 Å². The number of hydrogen-bond donors (Lipinski definition) is 7. The third-order valence-corrected chi connectivity index (χ3v) is 3.13. The summed E-state index contributed by atoms with van der Waals surface area (Å²) in [5.41, 5.74) is 5.50. The lowest BCUT2D eigenvalue weighted by molar-refractivity contribution is -0.0180. The second-order valence-corrected chi connectivity index (χ2v) is 4.49. The molecule has 0 bridgehead atoms. The van der Waals surface area contributed by atoms with Crippen LogP contribution in [-0.2, 0) is 0 Å². The fraction of sp³-hybridized carbons (Fsp3) is 0.889. The summed E-state index contributed by atoms with van der Waals surface area (Å²) >= 11 is 0. The molecule has 0 aromatic rings. The van der Waals surface area contributed by atoms with Crippen LogP contribution < -0.4 is 21.7 Å². The fourth-order valence-corrected chi connectivity index (χ4v) is 2.16. The summed E-state index contributed by atoms with van der Waals surface area (Å²) < 4.78 is 0. The molecule has 114 valence electrons. The average Bonchev–Trinajstić information content (AvgIpc) is 2.27. The molecule has 1 fully saturated rings. The molecule has 2 rings (SSSR count). The van der Waals surface area contributed by atoms with Crippen LogP contribution in [0.1, 0.15) is 6.92 Å². The summed E-state index contributed by atoms with van der Waals surface area (Å²) in [6.45, 7) is 1.98. The van der Waals surface area contributed by atoms with Crippen molar-refractivity contribution in [2.24, 2.45) is 10.7 Å². The first-order chi connectivity index (χ1) is 7.99. The Kier molecular flexibility index (Phi) is 7.30. The van der Waals surface area contributed by atoms with Gasteiger partial charge in [0.1, 0.15) is 0 Å². The zero-order chi connectivity index (χ0) is 12.6. The molecule has 0 spiro atoms. The van der Waals surface area contributed by atoms with Gasteiger partial charge in [0.15, 0.2) is 12.2 Å². The number of nitrogens with zero attached hydrogens (tertiary/aromatic N) is 1. The maximum atomic E-state index is 9.76. The molecule has 0 amide bonds. The van der Waals surface area contributed by atoms with Crippen molar-refractivity contribution in [2.75, 3.05) is 6.54 Å². The third-order valence-electron chi connectivity index (χ3n) is 3.13. The van der Waals surface area contributed by atoms with Crippen LogP contribution in [0.4, 0.5) is 0 Å². The number of piperazine rings is 1. The predicted octanol–water partition coefficient (Wildman–Crippen LogP) is -2.94. The van der Waals surface area contributed by atoms with Crippen LogP contribution in [0.25, 0.3) is 0 Å². The van der Waals surface area contributed by atoms with Gasteiger partial charge in [-0.2, -0.15) is 0 Å². The number of aliphatic hydroxyl groups is 3. The van der Waals surface area contributed by atoms with Crippen molar-refractivity contribution in [2.45, 2.75) is 43.6 Å². The number of fused-ring (bicyclic) bond motifs is 1. The van der Waals surface area contributed by atoms with Gasteiger partial charge in [-0.3, -0.25) is 5.32 Å². The van der Waals surface area contributed by atoms with Crippen molar-refractivity contribution in [3.63, 3.8) is 0 Å². The minimum absolute atomic E-state index is 0. The van der Waals surface area contributed by atoms with E-state index in [1.165, 1.54) is 6.92 Å². The van der Waals surface area contributed by atoms with E-state index in [1.807, 2.05) is 0 Å². The van der Waals surface area contributed by atoms with Crippen molar-refractivity contribution < 1.29 is 15.3 Å². The topological polar surface area (TPSA) is 135 Å². The molecular formula is C9H21Cl2N5O3. The highest BCUT2D eigenvalue weighted by molar-refractivity contribution is 5.85. The van der Waals surface area contributed by atoms with Gasteiger partial charge in [-0.05, 0) is 6.92 Å². The summed E-state index contributed by atoms with van der Waals surface area (Å²) in [6.07, 6.45) is -2.95. The highest BCUT2D eigenvalue weighted by atomic mass is 35.5. The minimum Gasteiger partial charge on any atom is -0.391 e. The highest BCUT2D eigenvalue weighted by Gasteiger charge is 2.40. The quantitative estimate of drug-likeness (QED) is 0.290. The number of guanidine groups is 1. The molecule has 0 radical (unpaired) electrons. The monoisotopic (exact) mass is 317 g/mol. The van der Waals surface area contributed by atoms with E-state index in [0.717, 1.165) is 0 Å². The molecule has 10 heteroatoms. The van der Waals surface area contributed by atoms with Gasteiger partial charge in [-0.1, -0.05) is 0 Å². The predicted molar refractivity (Wildman–Crippen MR) is 75.5 cm³/mol. The van der Waals surface area contributed by atoms with Gasteiger partial charge in [0, 0.05) is 12.6 Å². The number of nitrogens with one attached hydrogen (secondary N) is 3. The van der Waals surface area contributed by atoms with Crippen LogP contribution in [0.2, 0.25) is 0 Å². The van der Waals surface area contributed by atoms with Gasteiger partial charge in [0.25, 0.3) is 0 Å². The number of aliphatic imine (C=N–C) groups is 1. The molecule has 3 unspecified atom stereocenters. The Balaban J connectivity index is 0.00000162. The molecule has 0 saturated carbocycles. The molecule has 19 heavy (non-hydrogen) atoms. The molecule has 2 aliphatic heterocycles. The van der Waals surface area contributed by atoms with E-state index in [0.29, 0.717) is 6.54 Å². The molecule has 6 atom stereocenters. The molecule has 0 aromatic carbocycles. The zero-order valence-corrected chi connectivity index (χ0v) is 12.0. The normalized spacial score (nSPS) is 36.5. The zero-order valence-electron chi connectivity index (χ0n) is 10.4. The first kappa shape index (κ1) is 18.7. The second kappa shape index (κ2) is 7.44. The number of rotatable bonds is 2. The van der Waals surface area contributed by atoms with Gasteiger partial charge >= 0.3 is 0 Å². The lowest BCUT2D eigenvalue weighted by Crippen LogP contribution is -2.74. The molecule has 0 aliphatic carbocycles. The standard InChI is InChI=1S/C9H19N5O3.2ClH/c1-3(15)6(16)4-2-11-7-5(12-4)8(17)14-9(10)13-7;;/h3-8,11-12,15-17H,2H2,1H3,(H3,10,13,14);2*1H/t3-,4+,5?,6-,7?,8?;;/m0../s1. The van der Waals surface area contributed by atoms with Crippen LogP contribution in [0.3, 0.4) is 0 Å². The Hall–Kier alpha value is -0.350. The third kappa shape index (κ3) is 4.06. The molecule has 1 saturated heterocycles.